The predicted octanol–water partition coefficient (Wildman–Crippen LogP) is 3.32. The third-order valence-corrected chi connectivity index (χ3v) is 6.18. The van der Waals surface area contributed by atoms with Crippen molar-refractivity contribution in [3.8, 4) is 0 Å². The van der Waals surface area contributed by atoms with E-state index in [9.17, 15) is 20.0 Å². The maximum atomic E-state index is 12.9. The summed E-state index contributed by atoms with van der Waals surface area (Å²) in [4.78, 5) is 25.7. The average molecular weight is 380 g/mol. The Bertz CT molecular complexity index is 889. The Balaban J connectivity index is 1.42. The summed E-state index contributed by atoms with van der Waals surface area (Å²) in [7, 11) is 0. The number of benzene rings is 2. The molecule has 1 atom stereocenters. The summed E-state index contributed by atoms with van der Waals surface area (Å²) >= 11 is 0. The number of Topliss-reactive ketones (excluding diaryl/α,β-unsaturated/α-hetero) is 1. The molecule has 4 rings (SSSR count). The second kappa shape index (κ2) is 7.45. The summed E-state index contributed by atoms with van der Waals surface area (Å²) in [5, 5.41) is 22.0. The number of piperidine rings is 1. The Morgan fingerprint density at radius 1 is 1.14 bits per heavy atom. The number of likely N-dealkylation sites (tertiary alicyclic amines) is 1. The zero-order valence-corrected chi connectivity index (χ0v) is 15.7. The molecule has 1 aliphatic carbocycles. The van der Waals surface area contributed by atoms with Crippen molar-refractivity contribution < 1.29 is 14.8 Å². The van der Waals surface area contributed by atoms with Crippen LogP contribution in [-0.4, -0.2) is 40.3 Å². The van der Waals surface area contributed by atoms with Crippen LogP contribution in [0.3, 0.4) is 0 Å². The second-order valence-corrected chi connectivity index (χ2v) is 7.90. The van der Waals surface area contributed by atoms with Crippen LogP contribution >= 0.6 is 0 Å². The van der Waals surface area contributed by atoms with E-state index < -0.39 is 10.5 Å². The van der Waals surface area contributed by atoms with Crippen molar-refractivity contribution >= 4 is 11.5 Å². The van der Waals surface area contributed by atoms with Crippen LogP contribution in [-0.2, 0) is 12.0 Å². The van der Waals surface area contributed by atoms with Crippen molar-refractivity contribution in [2.75, 3.05) is 19.6 Å². The molecule has 28 heavy (non-hydrogen) atoms. The summed E-state index contributed by atoms with van der Waals surface area (Å²) in [6, 6.07) is 14.4. The van der Waals surface area contributed by atoms with Gasteiger partial charge < -0.3 is 10.0 Å². The fourth-order valence-electron chi connectivity index (χ4n) is 4.43. The molecular weight excluding hydrogens is 356 g/mol. The van der Waals surface area contributed by atoms with Gasteiger partial charge in [-0.2, -0.15) is 0 Å². The molecule has 146 valence electrons. The lowest BCUT2D eigenvalue weighted by Crippen LogP contribution is -2.45. The minimum atomic E-state index is -0.804. The van der Waals surface area contributed by atoms with Gasteiger partial charge in [-0.25, -0.2) is 0 Å². The van der Waals surface area contributed by atoms with Gasteiger partial charge in [-0.15, -0.1) is 0 Å². The van der Waals surface area contributed by atoms with Crippen LogP contribution in [0.2, 0.25) is 0 Å². The minimum absolute atomic E-state index is 0.00819. The Labute approximate surface area is 163 Å². The van der Waals surface area contributed by atoms with Gasteiger partial charge in [-0.1, -0.05) is 36.4 Å². The zero-order chi connectivity index (χ0) is 19.7. The molecule has 1 fully saturated rings. The van der Waals surface area contributed by atoms with E-state index in [4.69, 9.17) is 0 Å². The number of aliphatic hydroxyl groups is 1. The minimum Gasteiger partial charge on any atom is -0.385 e. The van der Waals surface area contributed by atoms with Crippen molar-refractivity contribution in [1.82, 2.24) is 4.90 Å². The molecular formula is C22H24N2O4. The number of aryl methyl sites for hydroxylation is 1. The van der Waals surface area contributed by atoms with Crippen LogP contribution in [0.1, 0.15) is 40.7 Å². The Kier molecular flexibility index (Phi) is 5.00. The van der Waals surface area contributed by atoms with E-state index in [1.54, 1.807) is 6.07 Å². The number of fused-ring (bicyclic) bond motifs is 1. The SMILES string of the molecule is O=C1c2cc([N+](=O)[O-])ccc2CCC1CN1CCC(O)(c2ccccc2)CC1. The number of rotatable bonds is 4. The van der Waals surface area contributed by atoms with Crippen LogP contribution in [0, 0.1) is 16.0 Å². The van der Waals surface area contributed by atoms with Gasteiger partial charge in [0, 0.05) is 43.2 Å². The summed E-state index contributed by atoms with van der Waals surface area (Å²) in [5.74, 6) is -0.133. The molecule has 0 amide bonds. The molecule has 1 saturated heterocycles. The van der Waals surface area contributed by atoms with Gasteiger partial charge in [0.15, 0.2) is 5.78 Å². The van der Waals surface area contributed by atoms with Crippen molar-refractivity contribution in [1.29, 1.82) is 0 Å². The van der Waals surface area contributed by atoms with E-state index in [0.29, 0.717) is 24.9 Å². The largest absolute Gasteiger partial charge is 0.385 e. The van der Waals surface area contributed by atoms with Crippen LogP contribution in [0.15, 0.2) is 48.5 Å². The van der Waals surface area contributed by atoms with Gasteiger partial charge in [-0.3, -0.25) is 14.9 Å². The maximum absolute atomic E-state index is 12.9. The molecule has 0 aromatic heterocycles. The lowest BCUT2D eigenvalue weighted by molar-refractivity contribution is -0.384. The lowest BCUT2D eigenvalue weighted by Gasteiger charge is -2.40. The van der Waals surface area contributed by atoms with E-state index in [1.165, 1.54) is 12.1 Å². The number of nitrogens with zero attached hydrogens (tertiary/aromatic N) is 2. The quantitative estimate of drug-likeness (QED) is 0.650. The zero-order valence-electron chi connectivity index (χ0n) is 15.7. The van der Waals surface area contributed by atoms with Crippen LogP contribution in [0.25, 0.3) is 0 Å². The Hall–Kier alpha value is -2.57. The number of hydrogen-bond donors (Lipinski definition) is 1. The lowest BCUT2D eigenvalue weighted by atomic mass is 9.81. The van der Waals surface area contributed by atoms with Crippen molar-refractivity contribution in [2.24, 2.45) is 5.92 Å². The number of nitro benzene ring substituents is 1. The van der Waals surface area contributed by atoms with Crippen LogP contribution in [0.4, 0.5) is 5.69 Å². The first-order valence-corrected chi connectivity index (χ1v) is 9.78. The van der Waals surface area contributed by atoms with Gasteiger partial charge in [0.2, 0.25) is 0 Å². The molecule has 6 nitrogen and oxygen atoms in total. The first kappa shape index (κ1) is 18.8. The van der Waals surface area contributed by atoms with E-state index in [0.717, 1.165) is 37.1 Å². The normalized spacial score (nSPS) is 21.9. The van der Waals surface area contributed by atoms with E-state index >= 15 is 0 Å². The fourth-order valence-corrected chi connectivity index (χ4v) is 4.43. The molecule has 0 spiro atoms. The Morgan fingerprint density at radius 2 is 1.86 bits per heavy atom. The summed E-state index contributed by atoms with van der Waals surface area (Å²) in [5.41, 5.74) is 1.53. The monoisotopic (exact) mass is 380 g/mol. The molecule has 2 aliphatic rings. The number of carbonyl (C=O) groups is 1. The number of hydrogen-bond acceptors (Lipinski definition) is 5. The molecule has 1 unspecified atom stereocenters. The standard InChI is InChI=1S/C22H24N2O4/c25-21-17(7-6-16-8-9-19(24(27)28)14-20(16)21)15-23-12-10-22(26,11-13-23)18-4-2-1-3-5-18/h1-5,8-9,14,17,26H,6-7,10-13,15H2. The van der Waals surface area contributed by atoms with Crippen molar-refractivity contribution in [2.45, 2.75) is 31.3 Å². The van der Waals surface area contributed by atoms with Gasteiger partial charge in [0.05, 0.1) is 10.5 Å². The molecule has 1 heterocycles. The molecule has 6 heteroatoms. The number of nitro groups is 1. The highest BCUT2D eigenvalue weighted by molar-refractivity contribution is 6.00. The summed E-state index contributed by atoms with van der Waals surface area (Å²) < 4.78 is 0. The molecule has 0 bridgehead atoms. The van der Waals surface area contributed by atoms with Gasteiger partial charge in [0.1, 0.15) is 0 Å². The van der Waals surface area contributed by atoms with E-state index in [2.05, 4.69) is 4.90 Å². The number of non-ortho nitro benzene ring substituents is 1. The first-order valence-electron chi connectivity index (χ1n) is 9.78. The fraction of sp³-hybridized carbons (Fsp3) is 0.409. The highest BCUT2D eigenvalue weighted by Crippen LogP contribution is 2.34. The summed E-state index contributed by atoms with van der Waals surface area (Å²) in [6.45, 7) is 2.11. The highest BCUT2D eigenvalue weighted by Gasteiger charge is 2.36. The average Bonchev–Trinajstić information content (AvgIpc) is 2.72. The first-order chi connectivity index (χ1) is 13.5. The molecule has 2 aromatic carbocycles. The molecule has 1 aliphatic heterocycles. The van der Waals surface area contributed by atoms with Crippen LogP contribution in [0.5, 0.6) is 0 Å². The number of ketones is 1. The highest BCUT2D eigenvalue weighted by atomic mass is 16.6. The van der Waals surface area contributed by atoms with Gasteiger partial charge in [-0.05, 0) is 36.8 Å². The molecule has 2 aromatic rings. The smallest absolute Gasteiger partial charge is 0.270 e. The maximum Gasteiger partial charge on any atom is 0.270 e. The molecule has 1 N–H and O–H groups in total. The van der Waals surface area contributed by atoms with Gasteiger partial charge >= 0.3 is 0 Å². The van der Waals surface area contributed by atoms with E-state index in [-0.39, 0.29) is 17.4 Å². The predicted molar refractivity (Wildman–Crippen MR) is 105 cm³/mol. The third kappa shape index (κ3) is 3.57. The van der Waals surface area contributed by atoms with Gasteiger partial charge in [0.25, 0.3) is 5.69 Å². The van der Waals surface area contributed by atoms with Crippen molar-refractivity contribution in [3.63, 3.8) is 0 Å². The second-order valence-electron chi connectivity index (χ2n) is 7.90. The molecule has 0 saturated carbocycles. The molecule has 0 radical (unpaired) electrons. The van der Waals surface area contributed by atoms with Crippen molar-refractivity contribution in [3.05, 3.63) is 75.3 Å². The topological polar surface area (TPSA) is 83.7 Å². The van der Waals surface area contributed by atoms with E-state index in [1.807, 2.05) is 30.3 Å². The van der Waals surface area contributed by atoms with Crippen LogP contribution < -0.4 is 0 Å². The summed E-state index contributed by atoms with van der Waals surface area (Å²) in [6.07, 6.45) is 2.81. The number of carbonyl (C=O) groups excluding carboxylic acids is 1. The Morgan fingerprint density at radius 3 is 2.54 bits per heavy atom. The third-order valence-electron chi connectivity index (χ3n) is 6.18.